The van der Waals surface area contributed by atoms with Crippen molar-refractivity contribution in [1.29, 1.82) is 0 Å². The second-order valence-electron chi connectivity index (χ2n) is 8.94. The highest BCUT2D eigenvalue weighted by Gasteiger charge is 2.37. The third kappa shape index (κ3) is 5.00. The highest BCUT2D eigenvalue weighted by atomic mass is 16.5. The molecule has 2 aliphatic carbocycles. The molecule has 2 rings (SSSR count). The monoisotopic (exact) mass is 294 g/mol. The van der Waals surface area contributed by atoms with Crippen LogP contribution in [0.4, 0.5) is 0 Å². The molecule has 0 heterocycles. The van der Waals surface area contributed by atoms with Crippen molar-refractivity contribution in [1.82, 2.24) is 0 Å². The van der Waals surface area contributed by atoms with Crippen LogP contribution in [0.25, 0.3) is 0 Å². The fourth-order valence-electron chi connectivity index (χ4n) is 4.61. The Morgan fingerprint density at radius 3 is 2.14 bits per heavy atom. The first kappa shape index (κ1) is 16.8. The van der Waals surface area contributed by atoms with E-state index in [1.165, 1.54) is 19.3 Å². The van der Waals surface area contributed by atoms with E-state index in [2.05, 4.69) is 34.6 Å². The molecule has 0 amide bonds. The normalized spacial score (nSPS) is 34.3. The molecular weight excluding hydrogens is 260 g/mol. The minimum Gasteiger partial charge on any atom is -0.462 e. The predicted molar refractivity (Wildman–Crippen MR) is 87.0 cm³/mol. The fraction of sp³-hybridized carbons (Fsp3) is 0.947. The van der Waals surface area contributed by atoms with Crippen molar-refractivity contribution >= 4 is 5.97 Å². The van der Waals surface area contributed by atoms with Crippen molar-refractivity contribution < 1.29 is 9.53 Å². The van der Waals surface area contributed by atoms with Gasteiger partial charge in [0.15, 0.2) is 0 Å². The van der Waals surface area contributed by atoms with Gasteiger partial charge in [0.25, 0.3) is 0 Å². The van der Waals surface area contributed by atoms with Crippen LogP contribution in [0.3, 0.4) is 0 Å². The summed E-state index contributed by atoms with van der Waals surface area (Å²) in [6.07, 6.45) is 8.29. The van der Waals surface area contributed by atoms with E-state index in [0.717, 1.165) is 43.4 Å². The molecule has 3 atom stereocenters. The summed E-state index contributed by atoms with van der Waals surface area (Å²) in [6, 6.07) is 0. The summed E-state index contributed by atoms with van der Waals surface area (Å²) in [7, 11) is 0. The van der Waals surface area contributed by atoms with E-state index in [9.17, 15) is 4.79 Å². The van der Waals surface area contributed by atoms with E-state index in [4.69, 9.17) is 4.74 Å². The molecule has 2 nitrogen and oxygen atoms in total. The number of hydrogen-bond acceptors (Lipinski definition) is 2. The average molecular weight is 294 g/mol. The lowest BCUT2D eigenvalue weighted by Crippen LogP contribution is -2.36. The fourth-order valence-corrected chi connectivity index (χ4v) is 4.61. The van der Waals surface area contributed by atoms with Crippen molar-refractivity contribution in [3.05, 3.63) is 0 Å². The van der Waals surface area contributed by atoms with Crippen LogP contribution in [0.1, 0.15) is 79.6 Å². The Hall–Kier alpha value is -0.530. The first-order valence-electron chi connectivity index (χ1n) is 8.97. The van der Waals surface area contributed by atoms with E-state index in [1.54, 1.807) is 0 Å². The zero-order valence-electron chi connectivity index (χ0n) is 14.7. The maximum atomic E-state index is 12.5. The molecular formula is C19H34O2. The molecule has 0 radical (unpaired) electrons. The van der Waals surface area contributed by atoms with Crippen LogP contribution in [-0.2, 0) is 9.53 Å². The Kier molecular flexibility index (Phi) is 5.38. The van der Waals surface area contributed by atoms with Crippen LogP contribution in [0.2, 0.25) is 0 Å². The number of esters is 1. The van der Waals surface area contributed by atoms with Gasteiger partial charge in [0, 0.05) is 0 Å². The second-order valence-corrected chi connectivity index (χ2v) is 8.94. The highest BCUT2D eigenvalue weighted by Crippen LogP contribution is 2.43. The van der Waals surface area contributed by atoms with Crippen LogP contribution in [-0.4, -0.2) is 12.1 Å². The molecule has 0 aromatic carbocycles. The molecule has 2 bridgehead atoms. The summed E-state index contributed by atoms with van der Waals surface area (Å²) >= 11 is 0. The lowest BCUT2D eigenvalue weighted by Gasteiger charge is -2.41. The SMILES string of the molecule is CCC(CC(C)(C)C)C(=O)OC1CC2CC(C)CC(C2)C1. The quantitative estimate of drug-likeness (QED) is 0.666. The van der Waals surface area contributed by atoms with Crippen LogP contribution in [0.5, 0.6) is 0 Å². The van der Waals surface area contributed by atoms with Crippen LogP contribution in [0.15, 0.2) is 0 Å². The molecule has 2 aliphatic rings. The molecule has 122 valence electrons. The molecule has 2 fully saturated rings. The predicted octanol–water partition coefficient (Wildman–Crippen LogP) is 5.21. The average Bonchev–Trinajstić information content (AvgIpc) is 2.33. The van der Waals surface area contributed by atoms with Gasteiger partial charge in [0.1, 0.15) is 6.10 Å². The Labute approximate surface area is 131 Å². The molecule has 0 saturated heterocycles. The van der Waals surface area contributed by atoms with Gasteiger partial charge in [-0.3, -0.25) is 4.79 Å². The lowest BCUT2D eigenvalue weighted by atomic mass is 9.67. The van der Waals surface area contributed by atoms with Gasteiger partial charge in [-0.05, 0) is 68.1 Å². The topological polar surface area (TPSA) is 26.3 Å². The van der Waals surface area contributed by atoms with Crippen molar-refractivity contribution in [3.8, 4) is 0 Å². The van der Waals surface area contributed by atoms with Gasteiger partial charge in [-0.25, -0.2) is 0 Å². The summed E-state index contributed by atoms with van der Waals surface area (Å²) in [5, 5.41) is 0. The molecule has 0 aromatic rings. The number of carbonyl (C=O) groups is 1. The second kappa shape index (κ2) is 6.71. The van der Waals surface area contributed by atoms with Gasteiger partial charge in [-0.2, -0.15) is 0 Å². The zero-order chi connectivity index (χ0) is 15.6. The molecule has 3 unspecified atom stereocenters. The minimum absolute atomic E-state index is 0.0606. The van der Waals surface area contributed by atoms with E-state index in [0.29, 0.717) is 0 Å². The Balaban J connectivity index is 1.87. The van der Waals surface area contributed by atoms with Gasteiger partial charge >= 0.3 is 5.97 Å². The number of fused-ring (bicyclic) bond motifs is 2. The largest absolute Gasteiger partial charge is 0.462 e. The Morgan fingerprint density at radius 2 is 1.67 bits per heavy atom. The van der Waals surface area contributed by atoms with Crippen LogP contribution < -0.4 is 0 Å². The van der Waals surface area contributed by atoms with E-state index in [1.807, 2.05) is 0 Å². The number of hydrogen-bond donors (Lipinski definition) is 0. The van der Waals surface area contributed by atoms with Crippen LogP contribution >= 0.6 is 0 Å². The first-order valence-corrected chi connectivity index (χ1v) is 8.97. The van der Waals surface area contributed by atoms with Crippen molar-refractivity contribution in [2.75, 3.05) is 0 Å². The standard InChI is InChI=1S/C19H34O2/c1-6-16(12-19(3,4)5)18(20)21-17-10-14-7-13(2)8-15(9-14)11-17/h13-17H,6-12H2,1-5H3. The third-order valence-electron chi connectivity index (χ3n) is 5.30. The molecule has 2 heteroatoms. The number of carbonyl (C=O) groups excluding carboxylic acids is 1. The summed E-state index contributed by atoms with van der Waals surface area (Å²) in [6.45, 7) is 11.1. The van der Waals surface area contributed by atoms with Gasteiger partial charge in [-0.1, -0.05) is 34.6 Å². The van der Waals surface area contributed by atoms with Gasteiger partial charge in [0.2, 0.25) is 0 Å². The molecule has 0 N–H and O–H groups in total. The molecule has 0 aromatic heterocycles. The number of rotatable bonds is 4. The summed E-state index contributed by atoms with van der Waals surface area (Å²) in [4.78, 5) is 12.5. The van der Waals surface area contributed by atoms with Gasteiger partial charge in [0.05, 0.1) is 5.92 Å². The third-order valence-corrected chi connectivity index (χ3v) is 5.30. The molecule has 0 aliphatic heterocycles. The summed E-state index contributed by atoms with van der Waals surface area (Å²) in [5.41, 5.74) is 0.193. The van der Waals surface area contributed by atoms with Crippen molar-refractivity contribution in [2.45, 2.75) is 85.7 Å². The molecule has 2 saturated carbocycles. The van der Waals surface area contributed by atoms with E-state index in [-0.39, 0.29) is 23.4 Å². The smallest absolute Gasteiger partial charge is 0.309 e. The van der Waals surface area contributed by atoms with E-state index >= 15 is 0 Å². The summed E-state index contributed by atoms with van der Waals surface area (Å²) in [5.74, 6) is 2.60. The Morgan fingerprint density at radius 1 is 1.10 bits per heavy atom. The van der Waals surface area contributed by atoms with Gasteiger partial charge < -0.3 is 4.74 Å². The Bertz CT molecular complexity index is 337. The molecule has 21 heavy (non-hydrogen) atoms. The van der Waals surface area contributed by atoms with Crippen LogP contribution in [0, 0.1) is 29.1 Å². The highest BCUT2D eigenvalue weighted by molar-refractivity contribution is 5.72. The maximum Gasteiger partial charge on any atom is 0.309 e. The molecule has 0 spiro atoms. The van der Waals surface area contributed by atoms with Crippen molar-refractivity contribution in [2.24, 2.45) is 29.1 Å². The first-order chi connectivity index (χ1) is 9.76. The van der Waals surface area contributed by atoms with E-state index < -0.39 is 0 Å². The maximum absolute atomic E-state index is 12.5. The van der Waals surface area contributed by atoms with Crippen molar-refractivity contribution in [3.63, 3.8) is 0 Å². The minimum atomic E-state index is 0.0606. The number of ether oxygens (including phenoxy) is 1. The zero-order valence-corrected chi connectivity index (χ0v) is 14.7. The van der Waals surface area contributed by atoms with Gasteiger partial charge in [-0.15, -0.1) is 0 Å². The summed E-state index contributed by atoms with van der Waals surface area (Å²) < 4.78 is 5.92. The lowest BCUT2D eigenvalue weighted by molar-refractivity contribution is -0.159.